The fourth-order valence-electron chi connectivity index (χ4n) is 3.85. The van der Waals surface area contributed by atoms with Crippen LogP contribution in [0.1, 0.15) is 22.8 Å². The lowest BCUT2D eigenvalue weighted by molar-refractivity contribution is -0.118. The fraction of sp³-hybridized carbons (Fsp3) is 0.308. The van der Waals surface area contributed by atoms with E-state index in [1.165, 1.54) is 6.92 Å². The number of rotatable bonds is 7. The number of nitrogens with one attached hydrogen (secondary N) is 2. The topological polar surface area (TPSA) is 90.5 Å². The highest BCUT2D eigenvalue weighted by molar-refractivity contribution is 5.94. The molecule has 0 saturated carbocycles. The van der Waals surface area contributed by atoms with Crippen LogP contribution in [0.4, 0.5) is 11.6 Å². The first-order chi connectivity index (χ1) is 16.5. The van der Waals surface area contributed by atoms with Gasteiger partial charge in [-0.2, -0.15) is 0 Å². The number of amides is 2. The highest BCUT2D eigenvalue weighted by Crippen LogP contribution is 2.23. The molecule has 3 aromatic rings. The summed E-state index contributed by atoms with van der Waals surface area (Å²) in [6, 6.07) is 19.5. The number of hydrogen-bond donors (Lipinski definition) is 2. The maximum atomic E-state index is 12.9. The Bertz CT molecular complexity index is 1130. The van der Waals surface area contributed by atoms with Crippen molar-refractivity contribution < 1.29 is 9.59 Å². The number of aryl methyl sites for hydroxylation is 1. The third-order valence-electron chi connectivity index (χ3n) is 5.74. The molecule has 1 aromatic heterocycles. The summed E-state index contributed by atoms with van der Waals surface area (Å²) in [4.78, 5) is 37.6. The second-order valence-electron chi connectivity index (χ2n) is 8.36. The monoisotopic (exact) mass is 458 g/mol. The van der Waals surface area contributed by atoms with Crippen LogP contribution in [-0.4, -0.2) is 66.0 Å². The quantitative estimate of drug-likeness (QED) is 0.529. The van der Waals surface area contributed by atoms with Crippen LogP contribution in [0.5, 0.6) is 0 Å². The van der Waals surface area contributed by atoms with Gasteiger partial charge < -0.3 is 20.4 Å². The largest absolute Gasteiger partial charge is 0.368 e. The van der Waals surface area contributed by atoms with Crippen LogP contribution >= 0.6 is 0 Å². The zero-order valence-corrected chi connectivity index (χ0v) is 19.6. The van der Waals surface area contributed by atoms with Gasteiger partial charge in [0.05, 0.1) is 0 Å². The summed E-state index contributed by atoms with van der Waals surface area (Å²) in [6.45, 7) is 7.22. The Morgan fingerprint density at radius 2 is 1.62 bits per heavy atom. The lowest BCUT2D eigenvalue weighted by Crippen LogP contribution is -2.49. The number of carbonyl (C=O) groups is 2. The summed E-state index contributed by atoms with van der Waals surface area (Å²) < 4.78 is 0. The Labute approximate surface area is 200 Å². The summed E-state index contributed by atoms with van der Waals surface area (Å²) in [5.74, 6) is 2.16. The van der Waals surface area contributed by atoms with E-state index < -0.39 is 0 Å². The van der Waals surface area contributed by atoms with Crippen LogP contribution in [-0.2, 0) is 4.79 Å². The predicted molar refractivity (Wildman–Crippen MR) is 134 cm³/mol. The van der Waals surface area contributed by atoms with Gasteiger partial charge in [-0.05, 0) is 19.1 Å². The Morgan fingerprint density at radius 1 is 0.912 bits per heavy atom. The normalized spacial score (nSPS) is 13.5. The molecule has 0 radical (unpaired) electrons. The van der Waals surface area contributed by atoms with E-state index in [0.29, 0.717) is 50.9 Å². The van der Waals surface area contributed by atoms with Crippen molar-refractivity contribution in [2.75, 3.05) is 49.5 Å². The zero-order chi connectivity index (χ0) is 23.9. The minimum absolute atomic E-state index is 0.0618. The SMILES string of the molecule is CC(=O)NCCNc1cc(N2CCN(C(=O)c3ccc(C)cc3)CC2)nc(-c2ccccc2)n1. The van der Waals surface area contributed by atoms with Crippen LogP contribution in [0.3, 0.4) is 0 Å². The van der Waals surface area contributed by atoms with Crippen molar-refractivity contribution in [3.8, 4) is 11.4 Å². The second kappa shape index (κ2) is 10.8. The Hall–Kier alpha value is -3.94. The Morgan fingerprint density at radius 3 is 2.29 bits per heavy atom. The van der Waals surface area contributed by atoms with Gasteiger partial charge in [0, 0.05) is 63.4 Å². The molecule has 8 heteroatoms. The molecule has 34 heavy (non-hydrogen) atoms. The maximum absolute atomic E-state index is 12.9. The maximum Gasteiger partial charge on any atom is 0.253 e. The number of nitrogens with zero attached hydrogens (tertiary/aromatic N) is 4. The molecule has 2 amide bonds. The summed E-state index contributed by atoms with van der Waals surface area (Å²) in [6.07, 6.45) is 0. The van der Waals surface area contributed by atoms with E-state index in [2.05, 4.69) is 20.5 Å². The van der Waals surface area contributed by atoms with Crippen LogP contribution in [0.2, 0.25) is 0 Å². The Balaban J connectivity index is 1.48. The van der Waals surface area contributed by atoms with Gasteiger partial charge in [-0.15, -0.1) is 0 Å². The third-order valence-corrected chi connectivity index (χ3v) is 5.74. The molecule has 0 aliphatic carbocycles. The van der Waals surface area contributed by atoms with E-state index in [4.69, 9.17) is 4.98 Å². The summed E-state index contributed by atoms with van der Waals surface area (Å²) in [7, 11) is 0. The highest BCUT2D eigenvalue weighted by Gasteiger charge is 2.23. The van der Waals surface area contributed by atoms with Gasteiger partial charge in [0.15, 0.2) is 5.82 Å². The van der Waals surface area contributed by atoms with E-state index in [-0.39, 0.29) is 11.8 Å². The average Bonchev–Trinajstić information content (AvgIpc) is 2.87. The second-order valence-corrected chi connectivity index (χ2v) is 8.36. The standard InChI is InChI=1S/C26H30N6O2/c1-19-8-10-22(11-9-19)26(34)32-16-14-31(15-17-32)24-18-23(28-13-12-27-20(2)33)29-25(30-24)21-6-4-3-5-7-21/h3-11,18H,12-17H2,1-2H3,(H,27,33)(H,28,29,30). The molecule has 1 saturated heterocycles. The average molecular weight is 459 g/mol. The van der Waals surface area contributed by atoms with Crippen molar-refractivity contribution in [2.24, 2.45) is 0 Å². The number of piperazine rings is 1. The highest BCUT2D eigenvalue weighted by atomic mass is 16.2. The first-order valence-electron chi connectivity index (χ1n) is 11.5. The molecule has 0 unspecified atom stereocenters. The third kappa shape index (κ3) is 5.89. The van der Waals surface area contributed by atoms with Crippen molar-refractivity contribution in [1.29, 1.82) is 0 Å². The molecule has 0 spiro atoms. The molecule has 1 aliphatic heterocycles. The van der Waals surface area contributed by atoms with Gasteiger partial charge in [-0.3, -0.25) is 9.59 Å². The van der Waals surface area contributed by atoms with Gasteiger partial charge in [0.1, 0.15) is 11.6 Å². The molecule has 4 rings (SSSR count). The molecule has 0 bridgehead atoms. The van der Waals surface area contributed by atoms with Crippen molar-refractivity contribution in [1.82, 2.24) is 20.2 Å². The number of aromatic nitrogens is 2. The van der Waals surface area contributed by atoms with Gasteiger partial charge in [0.2, 0.25) is 5.91 Å². The molecule has 0 atom stereocenters. The predicted octanol–water partition coefficient (Wildman–Crippen LogP) is 2.96. The Kier molecular flexibility index (Phi) is 7.37. The lowest BCUT2D eigenvalue weighted by Gasteiger charge is -2.35. The van der Waals surface area contributed by atoms with E-state index in [9.17, 15) is 9.59 Å². The van der Waals surface area contributed by atoms with E-state index >= 15 is 0 Å². The van der Waals surface area contributed by atoms with Crippen molar-refractivity contribution in [3.05, 3.63) is 71.8 Å². The van der Waals surface area contributed by atoms with Gasteiger partial charge >= 0.3 is 0 Å². The van der Waals surface area contributed by atoms with Crippen molar-refractivity contribution in [2.45, 2.75) is 13.8 Å². The molecule has 8 nitrogen and oxygen atoms in total. The molecule has 2 heterocycles. The van der Waals surface area contributed by atoms with Crippen molar-refractivity contribution in [3.63, 3.8) is 0 Å². The fourth-order valence-corrected chi connectivity index (χ4v) is 3.85. The minimum Gasteiger partial charge on any atom is -0.368 e. The summed E-state index contributed by atoms with van der Waals surface area (Å²) in [5.41, 5.74) is 2.79. The first kappa shape index (κ1) is 23.2. The first-order valence-corrected chi connectivity index (χ1v) is 11.5. The molecule has 2 N–H and O–H groups in total. The minimum atomic E-state index is -0.0618. The van der Waals surface area contributed by atoms with Gasteiger partial charge in [-0.25, -0.2) is 9.97 Å². The van der Waals surface area contributed by atoms with Crippen LogP contribution in [0, 0.1) is 6.92 Å². The molecule has 1 fully saturated rings. The smallest absolute Gasteiger partial charge is 0.253 e. The van der Waals surface area contributed by atoms with Crippen LogP contribution < -0.4 is 15.5 Å². The molecular formula is C26H30N6O2. The molecule has 176 valence electrons. The van der Waals surface area contributed by atoms with Crippen LogP contribution in [0.15, 0.2) is 60.7 Å². The number of benzene rings is 2. The van der Waals surface area contributed by atoms with Crippen molar-refractivity contribution >= 4 is 23.5 Å². The van der Waals surface area contributed by atoms with E-state index in [1.54, 1.807) is 0 Å². The summed E-state index contributed by atoms with van der Waals surface area (Å²) in [5, 5.41) is 6.06. The summed E-state index contributed by atoms with van der Waals surface area (Å²) >= 11 is 0. The number of carbonyl (C=O) groups excluding carboxylic acids is 2. The van der Waals surface area contributed by atoms with E-state index in [1.807, 2.05) is 72.5 Å². The number of hydrogen-bond acceptors (Lipinski definition) is 6. The van der Waals surface area contributed by atoms with Gasteiger partial charge in [0.25, 0.3) is 5.91 Å². The lowest BCUT2D eigenvalue weighted by atomic mass is 10.1. The number of anilines is 2. The molecule has 1 aliphatic rings. The van der Waals surface area contributed by atoms with Crippen LogP contribution in [0.25, 0.3) is 11.4 Å². The van der Waals surface area contributed by atoms with Gasteiger partial charge in [-0.1, -0.05) is 48.0 Å². The van der Waals surface area contributed by atoms with E-state index in [0.717, 1.165) is 22.5 Å². The molecule has 2 aromatic carbocycles. The molecular weight excluding hydrogens is 428 g/mol. The zero-order valence-electron chi connectivity index (χ0n) is 19.6.